The number of ether oxygens (including phenoxy) is 2. The monoisotopic (exact) mass is 314 g/mol. The van der Waals surface area contributed by atoms with Crippen molar-refractivity contribution in [3.05, 3.63) is 0 Å². The van der Waals surface area contributed by atoms with Crippen LogP contribution in [0.2, 0.25) is 0 Å². The molecule has 0 saturated heterocycles. The molecule has 2 unspecified atom stereocenters. The van der Waals surface area contributed by atoms with E-state index < -0.39 is 16.8 Å². The van der Waals surface area contributed by atoms with Crippen molar-refractivity contribution in [1.82, 2.24) is 0 Å². The third-order valence-corrected chi connectivity index (χ3v) is 5.47. The van der Waals surface area contributed by atoms with Gasteiger partial charge in [0, 0.05) is 13.7 Å². The molecule has 128 valence electrons. The molecule has 1 aliphatic carbocycles. The van der Waals surface area contributed by atoms with Crippen LogP contribution in [0.25, 0.3) is 0 Å². The highest BCUT2D eigenvalue weighted by molar-refractivity contribution is 5.80. The van der Waals surface area contributed by atoms with Gasteiger partial charge in [-0.2, -0.15) is 0 Å². The topological polar surface area (TPSA) is 72.8 Å². The number of hydrogen-bond acceptors (Lipinski definition) is 4. The lowest BCUT2D eigenvalue weighted by atomic mass is 9.66. The van der Waals surface area contributed by atoms with Crippen LogP contribution in [-0.4, -0.2) is 37.4 Å². The Morgan fingerprint density at radius 3 is 2.18 bits per heavy atom. The number of hydrogen-bond donors (Lipinski definition) is 1. The highest BCUT2D eigenvalue weighted by Gasteiger charge is 2.58. The summed E-state index contributed by atoms with van der Waals surface area (Å²) < 4.78 is 10.4. The Labute approximate surface area is 133 Å². The Kier molecular flexibility index (Phi) is 6.85. The number of aliphatic carboxylic acids is 1. The van der Waals surface area contributed by atoms with Gasteiger partial charge in [-0.1, -0.05) is 20.3 Å². The molecule has 0 heterocycles. The van der Waals surface area contributed by atoms with Crippen molar-refractivity contribution in [2.45, 2.75) is 59.3 Å². The average molecular weight is 314 g/mol. The number of carboxylic acids is 1. The van der Waals surface area contributed by atoms with Gasteiger partial charge in [0.05, 0.1) is 17.9 Å². The molecule has 0 bridgehead atoms. The SMILES string of the molecule is COCCCCCCOC(=O)C1CCC(C)(C(=O)O)C1(C)C. The van der Waals surface area contributed by atoms with Crippen molar-refractivity contribution in [3.63, 3.8) is 0 Å². The number of carboxylic acid groups (broad SMARTS) is 1. The summed E-state index contributed by atoms with van der Waals surface area (Å²) in [5.74, 6) is -1.40. The van der Waals surface area contributed by atoms with E-state index in [0.717, 1.165) is 32.3 Å². The zero-order chi connectivity index (χ0) is 16.8. The lowest BCUT2D eigenvalue weighted by molar-refractivity contribution is -0.160. The zero-order valence-corrected chi connectivity index (χ0v) is 14.3. The molecule has 1 fully saturated rings. The lowest BCUT2D eigenvalue weighted by Crippen LogP contribution is -2.43. The van der Waals surface area contributed by atoms with Gasteiger partial charge in [-0.05, 0) is 44.4 Å². The Bertz CT molecular complexity index is 391. The highest BCUT2D eigenvalue weighted by atomic mass is 16.5. The first-order chi connectivity index (χ1) is 10.3. The first-order valence-corrected chi connectivity index (χ1v) is 8.16. The number of methoxy groups -OCH3 is 1. The van der Waals surface area contributed by atoms with Crippen molar-refractivity contribution in [3.8, 4) is 0 Å². The van der Waals surface area contributed by atoms with Crippen LogP contribution >= 0.6 is 0 Å². The van der Waals surface area contributed by atoms with Gasteiger partial charge in [0.2, 0.25) is 0 Å². The maximum absolute atomic E-state index is 12.3. The molecule has 2 atom stereocenters. The standard InChI is InChI=1S/C17H30O5/c1-16(2)13(9-10-17(16,3)15(19)20)14(18)22-12-8-6-5-7-11-21-4/h13H,5-12H2,1-4H3,(H,19,20). The van der Waals surface area contributed by atoms with E-state index in [4.69, 9.17) is 9.47 Å². The van der Waals surface area contributed by atoms with Crippen molar-refractivity contribution >= 4 is 11.9 Å². The Balaban J connectivity index is 2.39. The number of unbranched alkanes of at least 4 members (excludes halogenated alkanes) is 3. The van der Waals surface area contributed by atoms with Crippen molar-refractivity contribution in [1.29, 1.82) is 0 Å². The molecule has 1 rings (SSSR count). The van der Waals surface area contributed by atoms with Crippen molar-refractivity contribution in [2.75, 3.05) is 20.3 Å². The van der Waals surface area contributed by atoms with E-state index in [1.54, 1.807) is 14.0 Å². The summed E-state index contributed by atoms with van der Waals surface area (Å²) in [5, 5.41) is 9.46. The lowest BCUT2D eigenvalue weighted by Gasteiger charge is -2.37. The third kappa shape index (κ3) is 4.00. The number of esters is 1. The number of carbonyl (C=O) groups excluding carboxylic acids is 1. The largest absolute Gasteiger partial charge is 0.481 e. The Morgan fingerprint density at radius 1 is 1.09 bits per heavy atom. The fourth-order valence-corrected chi connectivity index (χ4v) is 3.27. The van der Waals surface area contributed by atoms with E-state index in [2.05, 4.69) is 0 Å². The van der Waals surface area contributed by atoms with Gasteiger partial charge in [0.1, 0.15) is 0 Å². The van der Waals surface area contributed by atoms with E-state index in [1.165, 1.54) is 0 Å². The molecule has 0 aromatic heterocycles. The van der Waals surface area contributed by atoms with Crippen LogP contribution < -0.4 is 0 Å². The molecule has 22 heavy (non-hydrogen) atoms. The third-order valence-electron chi connectivity index (χ3n) is 5.47. The molecule has 0 spiro atoms. The van der Waals surface area contributed by atoms with Gasteiger partial charge in [-0.3, -0.25) is 9.59 Å². The fourth-order valence-electron chi connectivity index (χ4n) is 3.27. The molecule has 1 aliphatic rings. The van der Waals surface area contributed by atoms with Gasteiger partial charge >= 0.3 is 11.9 Å². The average Bonchev–Trinajstić information content (AvgIpc) is 2.69. The van der Waals surface area contributed by atoms with Crippen molar-refractivity contribution in [2.24, 2.45) is 16.7 Å². The van der Waals surface area contributed by atoms with Crippen LogP contribution in [0.5, 0.6) is 0 Å². The van der Waals surface area contributed by atoms with E-state index in [1.807, 2.05) is 13.8 Å². The normalized spacial score (nSPS) is 26.8. The second-order valence-corrected chi connectivity index (χ2v) is 7.02. The minimum atomic E-state index is -0.864. The first-order valence-electron chi connectivity index (χ1n) is 8.16. The van der Waals surface area contributed by atoms with Crippen molar-refractivity contribution < 1.29 is 24.2 Å². The summed E-state index contributed by atoms with van der Waals surface area (Å²) in [6.45, 7) is 6.65. The summed E-state index contributed by atoms with van der Waals surface area (Å²) in [5.41, 5.74) is -1.45. The summed E-state index contributed by atoms with van der Waals surface area (Å²) in [6, 6.07) is 0. The van der Waals surface area contributed by atoms with Crippen LogP contribution in [0.3, 0.4) is 0 Å². The van der Waals surface area contributed by atoms with E-state index in [0.29, 0.717) is 19.4 Å². The van der Waals surface area contributed by atoms with Gasteiger partial charge in [0.15, 0.2) is 0 Å². The van der Waals surface area contributed by atoms with E-state index in [9.17, 15) is 14.7 Å². The first kappa shape index (κ1) is 18.9. The van der Waals surface area contributed by atoms with E-state index in [-0.39, 0.29) is 11.9 Å². The molecular weight excluding hydrogens is 284 g/mol. The molecule has 1 N–H and O–H groups in total. The smallest absolute Gasteiger partial charge is 0.309 e. The highest BCUT2D eigenvalue weighted by Crippen LogP contribution is 2.56. The van der Waals surface area contributed by atoms with E-state index >= 15 is 0 Å². The molecule has 5 nitrogen and oxygen atoms in total. The van der Waals surface area contributed by atoms with Crippen LogP contribution in [-0.2, 0) is 19.1 Å². The number of carbonyl (C=O) groups is 2. The Morgan fingerprint density at radius 2 is 1.68 bits per heavy atom. The maximum Gasteiger partial charge on any atom is 0.309 e. The Hall–Kier alpha value is -1.10. The zero-order valence-electron chi connectivity index (χ0n) is 14.3. The molecule has 5 heteroatoms. The van der Waals surface area contributed by atoms with Crippen LogP contribution in [0.1, 0.15) is 59.3 Å². The van der Waals surface area contributed by atoms with Gasteiger partial charge < -0.3 is 14.6 Å². The van der Waals surface area contributed by atoms with Gasteiger partial charge in [0.25, 0.3) is 0 Å². The predicted molar refractivity (Wildman–Crippen MR) is 83.6 cm³/mol. The van der Waals surface area contributed by atoms with Gasteiger partial charge in [-0.15, -0.1) is 0 Å². The van der Waals surface area contributed by atoms with Crippen LogP contribution in [0.15, 0.2) is 0 Å². The molecular formula is C17H30O5. The molecule has 0 amide bonds. The van der Waals surface area contributed by atoms with Gasteiger partial charge in [-0.25, -0.2) is 0 Å². The second-order valence-electron chi connectivity index (χ2n) is 7.02. The number of rotatable bonds is 9. The maximum atomic E-state index is 12.3. The van der Waals surface area contributed by atoms with Crippen LogP contribution in [0, 0.1) is 16.7 Å². The minimum Gasteiger partial charge on any atom is -0.481 e. The molecule has 0 aromatic rings. The van der Waals surface area contributed by atoms with Crippen LogP contribution in [0.4, 0.5) is 0 Å². The second kappa shape index (κ2) is 7.95. The molecule has 0 radical (unpaired) electrons. The fraction of sp³-hybridized carbons (Fsp3) is 0.882. The molecule has 0 aromatic carbocycles. The summed E-state index contributed by atoms with van der Waals surface area (Å²) in [4.78, 5) is 23.8. The quantitative estimate of drug-likeness (QED) is 0.522. The predicted octanol–water partition coefficient (Wildman–Crippen LogP) is 3.26. The molecule has 0 aliphatic heterocycles. The molecule has 1 saturated carbocycles. The minimum absolute atomic E-state index is 0.244. The summed E-state index contributed by atoms with van der Waals surface area (Å²) in [6.07, 6.45) is 5.05. The summed E-state index contributed by atoms with van der Waals surface area (Å²) in [7, 11) is 1.69. The summed E-state index contributed by atoms with van der Waals surface area (Å²) >= 11 is 0.